The predicted molar refractivity (Wildman–Crippen MR) is 76.4 cm³/mol. The summed E-state index contributed by atoms with van der Waals surface area (Å²) in [6, 6.07) is 5.00. The van der Waals surface area contributed by atoms with Crippen LogP contribution in [0.4, 0.5) is 0 Å². The first-order valence-corrected chi connectivity index (χ1v) is 8.23. The smallest absolute Gasteiger partial charge is 0.209 e. The predicted octanol–water partition coefficient (Wildman–Crippen LogP) is 0.743. The molecule has 6 nitrogen and oxygen atoms in total. The fraction of sp³-hybridized carbons (Fsp3) is 0.538. The molecule has 1 aliphatic rings. The first-order chi connectivity index (χ1) is 9.16. The third-order valence-electron chi connectivity index (χ3n) is 3.03. The molecule has 7 heteroatoms. The van der Waals surface area contributed by atoms with Crippen LogP contribution in [0.25, 0.3) is 0 Å². The van der Waals surface area contributed by atoms with E-state index in [1.807, 2.05) is 19.9 Å². The number of phenols is 1. The van der Waals surface area contributed by atoms with Gasteiger partial charge in [-0.1, -0.05) is 0 Å². The molecule has 112 valence electrons. The second-order valence-corrected chi connectivity index (χ2v) is 7.47. The second kappa shape index (κ2) is 5.23. The standard InChI is InChI=1S/C13H20N2O4S/c1-13(2,15-20(3,17)18)8-14-11-7-19-12-6-9(16)4-5-10(11)12/h4-6,11,14-16H,7-8H2,1-3H3. The average Bonchev–Trinajstić information content (AvgIpc) is 2.65. The van der Waals surface area contributed by atoms with E-state index in [4.69, 9.17) is 4.74 Å². The number of benzene rings is 1. The molecule has 0 saturated heterocycles. The van der Waals surface area contributed by atoms with Gasteiger partial charge in [-0.3, -0.25) is 0 Å². The highest BCUT2D eigenvalue weighted by molar-refractivity contribution is 7.88. The van der Waals surface area contributed by atoms with Crippen molar-refractivity contribution in [3.63, 3.8) is 0 Å². The van der Waals surface area contributed by atoms with E-state index in [0.29, 0.717) is 18.9 Å². The quantitative estimate of drug-likeness (QED) is 0.746. The topological polar surface area (TPSA) is 87.7 Å². The Labute approximate surface area is 119 Å². The van der Waals surface area contributed by atoms with Crippen molar-refractivity contribution in [2.75, 3.05) is 19.4 Å². The summed E-state index contributed by atoms with van der Waals surface area (Å²) in [5.41, 5.74) is 0.380. The molecule has 1 unspecified atom stereocenters. The van der Waals surface area contributed by atoms with Gasteiger partial charge in [0, 0.05) is 23.7 Å². The number of sulfonamides is 1. The van der Waals surface area contributed by atoms with Gasteiger partial charge in [0.2, 0.25) is 10.0 Å². The maximum absolute atomic E-state index is 11.3. The van der Waals surface area contributed by atoms with Crippen molar-refractivity contribution >= 4 is 10.0 Å². The van der Waals surface area contributed by atoms with Crippen LogP contribution in [0.15, 0.2) is 18.2 Å². The van der Waals surface area contributed by atoms with E-state index in [1.165, 1.54) is 0 Å². The third-order valence-corrected chi connectivity index (χ3v) is 3.95. The third kappa shape index (κ3) is 3.84. The Kier molecular flexibility index (Phi) is 3.95. The Balaban J connectivity index is 2.00. The molecular formula is C13H20N2O4S. The molecule has 0 amide bonds. The second-order valence-electron chi connectivity index (χ2n) is 5.72. The number of nitrogens with one attached hydrogen (secondary N) is 2. The number of hydrogen-bond donors (Lipinski definition) is 3. The van der Waals surface area contributed by atoms with E-state index in [2.05, 4.69) is 10.0 Å². The highest BCUT2D eigenvalue weighted by Crippen LogP contribution is 2.34. The van der Waals surface area contributed by atoms with Gasteiger partial charge in [0.05, 0.1) is 12.3 Å². The van der Waals surface area contributed by atoms with Crippen LogP contribution < -0.4 is 14.8 Å². The minimum atomic E-state index is -3.25. The minimum Gasteiger partial charge on any atom is -0.508 e. The molecular weight excluding hydrogens is 280 g/mol. The van der Waals surface area contributed by atoms with Crippen LogP contribution in [0.2, 0.25) is 0 Å². The molecule has 0 saturated carbocycles. The molecule has 0 fully saturated rings. The van der Waals surface area contributed by atoms with E-state index >= 15 is 0 Å². The van der Waals surface area contributed by atoms with Crippen molar-refractivity contribution in [2.24, 2.45) is 0 Å². The molecule has 1 atom stereocenters. The minimum absolute atomic E-state index is 0.00812. The molecule has 1 aromatic carbocycles. The van der Waals surface area contributed by atoms with E-state index in [9.17, 15) is 13.5 Å². The summed E-state index contributed by atoms with van der Waals surface area (Å²) in [4.78, 5) is 0. The van der Waals surface area contributed by atoms with E-state index in [1.54, 1.807) is 12.1 Å². The lowest BCUT2D eigenvalue weighted by Crippen LogP contribution is -2.50. The number of aromatic hydroxyl groups is 1. The van der Waals surface area contributed by atoms with E-state index < -0.39 is 15.6 Å². The summed E-state index contributed by atoms with van der Waals surface area (Å²) in [7, 11) is -3.25. The Morgan fingerprint density at radius 1 is 1.45 bits per heavy atom. The number of fused-ring (bicyclic) bond motifs is 1. The van der Waals surface area contributed by atoms with Gasteiger partial charge in [0.15, 0.2) is 0 Å². The van der Waals surface area contributed by atoms with Gasteiger partial charge in [-0.15, -0.1) is 0 Å². The van der Waals surface area contributed by atoms with Crippen LogP contribution >= 0.6 is 0 Å². The zero-order chi connectivity index (χ0) is 15.0. The number of ether oxygens (including phenoxy) is 1. The molecule has 2 rings (SSSR count). The summed E-state index contributed by atoms with van der Waals surface area (Å²) >= 11 is 0. The lowest BCUT2D eigenvalue weighted by Gasteiger charge is -2.27. The molecule has 1 heterocycles. The van der Waals surface area contributed by atoms with Crippen molar-refractivity contribution < 1.29 is 18.3 Å². The molecule has 1 aromatic rings. The molecule has 1 aliphatic heterocycles. The van der Waals surface area contributed by atoms with Gasteiger partial charge in [0.25, 0.3) is 0 Å². The average molecular weight is 300 g/mol. The van der Waals surface area contributed by atoms with Crippen molar-refractivity contribution in [3.8, 4) is 11.5 Å². The first kappa shape index (κ1) is 15.1. The number of rotatable bonds is 5. The maximum Gasteiger partial charge on any atom is 0.209 e. The monoisotopic (exact) mass is 300 g/mol. The Hall–Kier alpha value is -1.31. The van der Waals surface area contributed by atoms with Gasteiger partial charge in [-0.05, 0) is 26.0 Å². The summed E-state index contributed by atoms with van der Waals surface area (Å²) in [6.45, 7) is 4.56. The van der Waals surface area contributed by atoms with Crippen LogP contribution in [-0.2, 0) is 10.0 Å². The summed E-state index contributed by atoms with van der Waals surface area (Å²) in [6.07, 6.45) is 1.14. The summed E-state index contributed by atoms with van der Waals surface area (Å²) in [5, 5.41) is 12.7. The Bertz CT molecular complexity index is 598. The van der Waals surface area contributed by atoms with Crippen molar-refractivity contribution in [1.82, 2.24) is 10.0 Å². The van der Waals surface area contributed by atoms with Gasteiger partial charge < -0.3 is 15.2 Å². The highest BCUT2D eigenvalue weighted by atomic mass is 32.2. The summed E-state index contributed by atoms with van der Waals surface area (Å²) < 4.78 is 30.7. The molecule has 0 aliphatic carbocycles. The molecule has 0 bridgehead atoms. The van der Waals surface area contributed by atoms with Gasteiger partial charge in [0.1, 0.15) is 18.1 Å². The van der Waals surface area contributed by atoms with Gasteiger partial charge >= 0.3 is 0 Å². The largest absolute Gasteiger partial charge is 0.508 e. The normalized spacial score (nSPS) is 18.6. The zero-order valence-corrected chi connectivity index (χ0v) is 12.6. The molecule has 0 aromatic heterocycles. The van der Waals surface area contributed by atoms with Crippen LogP contribution in [0.5, 0.6) is 11.5 Å². The Morgan fingerprint density at radius 2 is 2.15 bits per heavy atom. The van der Waals surface area contributed by atoms with E-state index in [-0.39, 0.29) is 11.8 Å². The maximum atomic E-state index is 11.3. The van der Waals surface area contributed by atoms with E-state index in [0.717, 1.165) is 11.8 Å². The zero-order valence-electron chi connectivity index (χ0n) is 11.8. The van der Waals surface area contributed by atoms with Crippen molar-refractivity contribution in [2.45, 2.75) is 25.4 Å². The van der Waals surface area contributed by atoms with Crippen LogP contribution in [0.1, 0.15) is 25.5 Å². The van der Waals surface area contributed by atoms with Crippen LogP contribution in [0.3, 0.4) is 0 Å². The fourth-order valence-corrected chi connectivity index (χ4v) is 3.36. The number of hydrogen-bond acceptors (Lipinski definition) is 5. The van der Waals surface area contributed by atoms with Crippen molar-refractivity contribution in [1.29, 1.82) is 0 Å². The molecule has 0 spiro atoms. The Morgan fingerprint density at radius 3 is 2.80 bits per heavy atom. The molecule has 3 N–H and O–H groups in total. The first-order valence-electron chi connectivity index (χ1n) is 6.34. The van der Waals surface area contributed by atoms with Crippen LogP contribution in [0, 0.1) is 0 Å². The highest BCUT2D eigenvalue weighted by Gasteiger charge is 2.28. The SMILES string of the molecule is CC(C)(CNC1COc2cc(O)ccc21)NS(C)(=O)=O. The lowest BCUT2D eigenvalue weighted by atomic mass is 10.0. The lowest BCUT2D eigenvalue weighted by molar-refractivity contribution is 0.296. The van der Waals surface area contributed by atoms with Gasteiger partial charge in [-0.25, -0.2) is 13.1 Å². The van der Waals surface area contributed by atoms with Crippen LogP contribution in [-0.4, -0.2) is 38.5 Å². The van der Waals surface area contributed by atoms with Crippen molar-refractivity contribution in [3.05, 3.63) is 23.8 Å². The number of phenolic OH excluding ortho intramolecular Hbond substituents is 1. The molecule has 20 heavy (non-hydrogen) atoms. The fourth-order valence-electron chi connectivity index (χ4n) is 2.28. The van der Waals surface area contributed by atoms with Gasteiger partial charge in [-0.2, -0.15) is 0 Å². The summed E-state index contributed by atoms with van der Waals surface area (Å²) in [5.74, 6) is 0.833. The molecule has 0 radical (unpaired) electrons.